The molecule has 0 unspecified atom stereocenters. The van der Waals surface area contributed by atoms with Gasteiger partial charge >= 0.3 is 0 Å². The van der Waals surface area contributed by atoms with Gasteiger partial charge in [0, 0.05) is 61.6 Å². The van der Waals surface area contributed by atoms with Crippen LogP contribution in [0.4, 0.5) is 0 Å². The third kappa shape index (κ3) is 5.80. The topological polar surface area (TPSA) is 65.1 Å². The molecule has 0 fully saturated rings. The maximum Gasteiger partial charge on any atom is 0.174 e. The van der Waals surface area contributed by atoms with Gasteiger partial charge in [0.1, 0.15) is 6.61 Å². The van der Waals surface area contributed by atoms with Gasteiger partial charge in [0.15, 0.2) is 23.1 Å². The van der Waals surface area contributed by atoms with E-state index in [2.05, 4.69) is 33.6 Å². The zero-order valence-corrected chi connectivity index (χ0v) is 24.9. The number of allylic oxidation sites excluding steroid dienone is 4. The van der Waals surface area contributed by atoms with E-state index in [1.54, 1.807) is 7.11 Å². The Kier molecular flexibility index (Phi) is 9.07. The molecule has 3 aliphatic rings. The molecule has 0 saturated heterocycles. The molecular weight excluding hydrogens is 605 g/mol. The fourth-order valence-corrected chi connectivity index (χ4v) is 6.86. The van der Waals surface area contributed by atoms with Crippen LogP contribution in [0.1, 0.15) is 68.9 Å². The summed E-state index contributed by atoms with van der Waals surface area (Å²) in [7, 11) is 1.71. The Balaban J connectivity index is 1.60. The minimum Gasteiger partial charge on any atom is -0.490 e. The largest absolute Gasteiger partial charge is 0.490 e. The Morgan fingerprint density at radius 2 is 1.59 bits per heavy atom. The molecule has 7 heteroatoms. The van der Waals surface area contributed by atoms with E-state index >= 15 is 0 Å². The molecule has 0 saturated carbocycles. The van der Waals surface area contributed by atoms with Gasteiger partial charge in [-0.1, -0.05) is 30.3 Å². The summed E-state index contributed by atoms with van der Waals surface area (Å²) in [5, 5.41) is 0. The fourth-order valence-electron chi connectivity index (χ4n) is 6.07. The van der Waals surface area contributed by atoms with E-state index in [9.17, 15) is 9.59 Å². The number of nitrogens with zero attached hydrogens (tertiary/aromatic N) is 1. The van der Waals surface area contributed by atoms with E-state index in [0.29, 0.717) is 44.2 Å². The number of Topliss-reactive ketones (excluding diaryl/α,β-unsaturated/α-hetero) is 2. The summed E-state index contributed by atoms with van der Waals surface area (Å²) in [6.45, 7) is 4.27. The lowest BCUT2D eigenvalue weighted by atomic mass is 9.71. The van der Waals surface area contributed by atoms with Crippen LogP contribution in [-0.4, -0.2) is 43.3 Å². The zero-order valence-electron chi connectivity index (χ0n) is 22.8. The van der Waals surface area contributed by atoms with Crippen LogP contribution in [0.3, 0.4) is 0 Å². The Morgan fingerprint density at radius 1 is 0.923 bits per heavy atom. The van der Waals surface area contributed by atoms with Crippen molar-refractivity contribution >= 4 is 34.2 Å². The molecule has 206 valence electrons. The molecule has 6 nitrogen and oxygen atoms in total. The Hall–Kier alpha value is -2.65. The third-order valence-electron chi connectivity index (χ3n) is 7.71. The third-order valence-corrected chi connectivity index (χ3v) is 8.51. The van der Waals surface area contributed by atoms with E-state index in [0.717, 1.165) is 75.9 Å². The highest BCUT2D eigenvalue weighted by Gasteiger charge is 2.43. The molecule has 0 spiro atoms. The number of hydrogen-bond acceptors (Lipinski definition) is 6. The number of benzene rings is 2. The number of hydrogen-bond donors (Lipinski definition) is 0. The fraction of sp³-hybridized carbons (Fsp3) is 0.438. The highest BCUT2D eigenvalue weighted by atomic mass is 127. The summed E-state index contributed by atoms with van der Waals surface area (Å²) >= 11 is 2.29. The average Bonchev–Trinajstić information content (AvgIpc) is 2.93. The number of ether oxygens (including phenoxy) is 3. The molecule has 0 amide bonds. The summed E-state index contributed by atoms with van der Waals surface area (Å²) in [4.78, 5) is 29.5. The first-order chi connectivity index (χ1) is 19.0. The van der Waals surface area contributed by atoms with E-state index in [1.807, 2.05) is 43.3 Å². The molecule has 0 atom stereocenters. The molecule has 0 aromatic heterocycles. The van der Waals surface area contributed by atoms with E-state index in [-0.39, 0.29) is 17.5 Å². The number of ketones is 2. The molecule has 2 aromatic rings. The lowest BCUT2D eigenvalue weighted by Gasteiger charge is -2.44. The maximum absolute atomic E-state index is 13.6. The van der Waals surface area contributed by atoms with Crippen LogP contribution in [0, 0.1) is 3.57 Å². The van der Waals surface area contributed by atoms with Gasteiger partial charge < -0.3 is 19.1 Å². The van der Waals surface area contributed by atoms with Crippen molar-refractivity contribution in [3.63, 3.8) is 0 Å². The van der Waals surface area contributed by atoms with Gasteiger partial charge in [-0.15, -0.1) is 0 Å². The molecule has 1 heterocycles. The second-order valence-corrected chi connectivity index (χ2v) is 11.4. The Labute approximate surface area is 244 Å². The molecule has 5 rings (SSSR count). The van der Waals surface area contributed by atoms with Gasteiger partial charge in [-0.25, -0.2) is 0 Å². The van der Waals surface area contributed by atoms with E-state index < -0.39 is 0 Å². The van der Waals surface area contributed by atoms with Crippen LogP contribution >= 0.6 is 22.6 Å². The van der Waals surface area contributed by atoms with Gasteiger partial charge in [0.25, 0.3) is 0 Å². The van der Waals surface area contributed by atoms with Crippen LogP contribution in [0.2, 0.25) is 0 Å². The minimum absolute atomic E-state index is 0.153. The lowest BCUT2D eigenvalue weighted by molar-refractivity contribution is -0.117. The SMILES string of the molecule is CCOc1cc(C2C3=C(CCCC3=O)N(CCCOC)C3=C2C(=O)CCC3)cc(I)c1OCc1ccccc1. The standard InChI is InChI=1S/C32H36INO5/c1-3-38-28-19-22(18-23(33)32(28)39-20-21-10-5-4-6-11-21)29-30-24(12-7-14-26(30)35)34(16-9-17-37-2)25-13-8-15-27(36)31(25)29/h4-6,10-11,18-19,29H,3,7-9,12-17,20H2,1-2H3. The van der Waals surface area contributed by atoms with Crippen LogP contribution in [0.25, 0.3) is 0 Å². The van der Waals surface area contributed by atoms with Crippen molar-refractivity contribution in [2.24, 2.45) is 0 Å². The molecule has 2 aliphatic carbocycles. The maximum atomic E-state index is 13.6. The number of halogens is 1. The average molecular weight is 642 g/mol. The predicted octanol–water partition coefficient (Wildman–Crippen LogP) is 6.72. The number of methoxy groups -OCH3 is 1. The molecule has 1 aliphatic heterocycles. The molecule has 39 heavy (non-hydrogen) atoms. The van der Waals surface area contributed by atoms with E-state index in [1.165, 1.54) is 0 Å². The van der Waals surface area contributed by atoms with Crippen molar-refractivity contribution in [2.75, 3.05) is 26.9 Å². The van der Waals surface area contributed by atoms with Crippen LogP contribution in [0.5, 0.6) is 11.5 Å². The molecular formula is C32H36INO5. The number of carbonyl (C=O) groups is 2. The van der Waals surface area contributed by atoms with Crippen molar-refractivity contribution in [2.45, 2.75) is 64.4 Å². The summed E-state index contributed by atoms with van der Waals surface area (Å²) in [5.41, 5.74) is 5.78. The molecule has 2 aromatic carbocycles. The summed E-state index contributed by atoms with van der Waals surface area (Å²) < 4.78 is 18.6. The predicted molar refractivity (Wildman–Crippen MR) is 159 cm³/mol. The van der Waals surface area contributed by atoms with Crippen molar-refractivity contribution in [1.82, 2.24) is 4.90 Å². The highest BCUT2D eigenvalue weighted by Crippen LogP contribution is 2.50. The van der Waals surface area contributed by atoms with Crippen molar-refractivity contribution in [3.05, 3.63) is 79.7 Å². The first-order valence-electron chi connectivity index (χ1n) is 13.9. The smallest absolute Gasteiger partial charge is 0.174 e. The van der Waals surface area contributed by atoms with E-state index in [4.69, 9.17) is 14.2 Å². The molecule has 0 radical (unpaired) electrons. The summed E-state index contributed by atoms with van der Waals surface area (Å²) in [6, 6.07) is 14.1. The zero-order chi connectivity index (χ0) is 27.4. The monoisotopic (exact) mass is 641 g/mol. The van der Waals surface area contributed by atoms with Crippen LogP contribution in [-0.2, 0) is 20.9 Å². The Bertz CT molecular complexity index is 1260. The Morgan fingerprint density at radius 3 is 2.21 bits per heavy atom. The quantitative estimate of drug-likeness (QED) is 0.212. The van der Waals surface area contributed by atoms with Crippen molar-refractivity contribution < 1.29 is 23.8 Å². The lowest BCUT2D eigenvalue weighted by Crippen LogP contribution is -2.39. The van der Waals surface area contributed by atoms with Gasteiger partial charge in [-0.05, 0) is 84.9 Å². The first kappa shape index (κ1) is 27.9. The van der Waals surface area contributed by atoms with Crippen molar-refractivity contribution in [1.29, 1.82) is 0 Å². The molecule has 0 bridgehead atoms. The van der Waals surface area contributed by atoms with Gasteiger partial charge in [-0.3, -0.25) is 9.59 Å². The highest BCUT2D eigenvalue weighted by molar-refractivity contribution is 14.1. The van der Waals surface area contributed by atoms with Crippen LogP contribution in [0.15, 0.2) is 65.0 Å². The van der Waals surface area contributed by atoms with Gasteiger partial charge in [0.05, 0.1) is 10.2 Å². The summed E-state index contributed by atoms with van der Waals surface area (Å²) in [5.74, 6) is 1.27. The second-order valence-electron chi connectivity index (χ2n) is 10.2. The number of carbonyl (C=O) groups excluding carboxylic acids is 2. The van der Waals surface area contributed by atoms with Gasteiger partial charge in [-0.2, -0.15) is 0 Å². The first-order valence-corrected chi connectivity index (χ1v) is 15.0. The van der Waals surface area contributed by atoms with Gasteiger partial charge in [0.2, 0.25) is 0 Å². The van der Waals surface area contributed by atoms with Crippen LogP contribution < -0.4 is 9.47 Å². The summed E-state index contributed by atoms with van der Waals surface area (Å²) in [6.07, 6.45) is 5.27. The molecule has 0 N–H and O–H groups in total. The minimum atomic E-state index is -0.370. The second kappa shape index (κ2) is 12.7. The normalized spacial score (nSPS) is 17.9. The van der Waals surface area contributed by atoms with Crippen molar-refractivity contribution in [3.8, 4) is 11.5 Å². The number of rotatable bonds is 10.